The molecular weight excluding hydrogens is 326 g/mol. The van der Waals surface area contributed by atoms with Gasteiger partial charge in [-0.3, -0.25) is 0 Å². The first-order valence-electron chi connectivity index (χ1n) is 7.09. The summed E-state index contributed by atoms with van der Waals surface area (Å²) >= 11 is 0. The van der Waals surface area contributed by atoms with Gasteiger partial charge in [0.05, 0.1) is 16.0 Å². The second kappa shape index (κ2) is 5.02. The molecule has 0 aliphatic rings. The van der Waals surface area contributed by atoms with E-state index in [0.717, 1.165) is 16.3 Å². The molecule has 7 nitrogen and oxygen atoms in total. The molecule has 24 heavy (non-hydrogen) atoms. The fourth-order valence-corrected chi connectivity index (χ4v) is 3.54. The zero-order valence-electron chi connectivity index (χ0n) is 12.4. The summed E-state index contributed by atoms with van der Waals surface area (Å²) in [6, 6.07) is 10.3. The van der Waals surface area contributed by atoms with Crippen LogP contribution >= 0.6 is 0 Å². The molecule has 2 aromatic heterocycles. The Kier molecular flexibility index (Phi) is 3.05. The zero-order chi connectivity index (χ0) is 16.9. The third-order valence-electron chi connectivity index (χ3n) is 3.87. The first-order valence-corrected chi connectivity index (χ1v) is 8.64. The van der Waals surface area contributed by atoms with Gasteiger partial charge in [0.1, 0.15) is 0 Å². The largest absolute Gasteiger partial charge is 0.398 e. The smallest absolute Gasteiger partial charge is 0.238 e. The average molecular weight is 339 g/mol. The lowest BCUT2D eigenvalue weighted by Gasteiger charge is -2.10. The van der Waals surface area contributed by atoms with E-state index < -0.39 is 10.0 Å². The van der Waals surface area contributed by atoms with Crippen LogP contribution in [-0.2, 0) is 10.0 Å². The summed E-state index contributed by atoms with van der Waals surface area (Å²) in [4.78, 5) is 11.9. The van der Waals surface area contributed by atoms with E-state index in [1.165, 1.54) is 12.1 Å². The van der Waals surface area contributed by atoms with Crippen molar-refractivity contribution in [3.63, 3.8) is 0 Å². The van der Waals surface area contributed by atoms with E-state index >= 15 is 0 Å². The van der Waals surface area contributed by atoms with Crippen LogP contribution in [0.25, 0.3) is 33.2 Å². The fraction of sp³-hybridized carbons (Fsp3) is 0. The molecule has 0 aliphatic heterocycles. The van der Waals surface area contributed by atoms with E-state index in [2.05, 4.69) is 15.0 Å². The lowest BCUT2D eigenvalue weighted by atomic mass is 10.1. The van der Waals surface area contributed by atoms with Crippen molar-refractivity contribution in [2.24, 2.45) is 5.14 Å². The number of nitrogens with zero attached hydrogens (tertiary/aromatic N) is 2. The van der Waals surface area contributed by atoms with Gasteiger partial charge in [-0.1, -0.05) is 6.07 Å². The first kappa shape index (κ1) is 14.6. The van der Waals surface area contributed by atoms with E-state index in [9.17, 15) is 8.42 Å². The molecule has 0 saturated heterocycles. The summed E-state index contributed by atoms with van der Waals surface area (Å²) in [6.07, 6.45) is 3.46. The van der Waals surface area contributed by atoms with Crippen LogP contribution in [0.2, 0.25) is 0 Å². The van der Waals surface area contributed by atoms with Crippen molar-refractivity contribution < 1.29 is 8.42 Å². The quantitative estimate of drug-likeness (QED) is 0.481. The molecule has 0 fully saturated rings. The van der Waals surface area contributed by atoms with Crippen LogP contribution in [0.5, 0.6) is 0 Å². The van der Waals surface area contributed by atoms with E-state index in [4.69, 9.17) is 10.9 Å². The minimum absolute atomic E-state index is 0.0944. The monoisotopic (exact) mass is 339 g/mol. The molecule has 0 unspecified atom stereocenters. The highest BCUT2D eigenvalue weighted by Gasteiger charge is 2.20. The standard InChI is InChI=1S/C16H13N5O2S/c17-11-2-1-3-13(24(18,22)23)14(11)16-20-8-9-4-5-12-10(6-7-19-12)15(9)21-16/h1-8,19H,17H2,(H2,18,22,23). The number of sulfonamides is 1. The Morgan fingerprint density at radius 1 is 1.08 bits per heavy atom. The minimum atomic E-state index is -3.96. The summed E-state index contributed by atoms with van der Waals surface area (Å²) in [5, 5.41) is 7.07. The summed E-state index contributed by atoms with van der Waals surface area (Å²) in [7, 11) is -3.96. The number of fused-ring (bicyclic) bond motifs is 3. The van der Waals surface area contributed by atoms with Crippen molar-refractivity contribution in [1.29, 1.82) is 0 Å². The van der Waals surface area contributed by atoms with Crippen molar-refractivity contribution in [2.75, 3.05) is 5.73 Å². The number of benzene rings is 2. The maximum atomic E-state index is 11.9. The number of anilines is 1. The summed E-state index contributed by atoms with van der Waals surface area (Å²) in [5.41, 5.74) is 8.09. The number of aromatic amines is 1. The molecule has 0 saturated carbocycles. The number of rotatable bonds is 2. The molecule has 5 N–H and O–H groups in total. The van der Waals surface area contributed by atoms with Gasteiger partial charge in [-0.15, -0.1) is 0 Å². The second-order valence-electron chi connectivity index (χ2n) is 5.40. The first-order chi connectivity index (χ1) is 11.4. The molecular formula is C16H13N5O2S. The van der Waals surface area contributed by atoms with Crippen LogP contribution in [0.4, 0.5) is 5.69 Å². The molecule has 120 valence electrons. The molecule has 0 bridgehead atoms. The highest BCUT2D eigenvalue weighted by molar-refractivity contribution is 7.89. The number of hydrogen-bond acceptors (Lipinski definition) is 5. The molecule has 0 amide bonds. The lowest BCUT2D eigenvalue weighted by Crippen LogP contribution is -2.14. The average Bonchev–Trinajstić information content (AvgIpc) is 3.02. The maximum Gasteiger partial charge on any atom is 0.238 e. The Labute approximate surface area is 137 Å². The number of aromatic nitrogens is 3. The Morgan fingerprint density at radius 2 is 1.92 bits per heavy atom. The summed E-state index contributed by atoms with van der Waals surface area (Å²) < 4.78 is 23.8. The number of nitrogen functional groups attached to an aromatic ring is 1. The van der Waals surface area contributed by atoms with Crippen molar-refractivity contribution in [3.8, 4) is 11.4 Å². The SMILES string of the molecule is Nc1cccc(S(N)(=O)=O)c1-c1ncc2ccc3[nH]ccc3c2n1. The Balaban J connectivity index is 2.08. The normalized spacial score (nSPS) is 12.0. The molecule has 4 aromatic rings. The Hall–Kier alpha value is -2.97. The molecule has 8 heteroatoms. The minimum Gasteiger partial charge on any atom is -0.398 e. The van der Waals surface area contributed by atoms with Crippen LogP contribution < -0.4 is 10.9 Å². The second-order valence-corrected chi connectivity index (χ2v) is 6.93. The van der Waals surface area contributed by atoms with Crippen LogP contribution in [0.3, 0.4) is 0 Å². The van der Waals surface area contributed by atoms with Gasteiger partial charge in [0, 0.05) is 34.4 Å². The van der Waals surface area contributed by atoms with E-state index in [-0.39, 0.29) is 22.0 Å². The van der Waals surface area contributed by atoms with Gasteiger partial charge in [0.2, 0.25) is 10.0 Å². The Bertz CT molecular complexity index is 1200. The van der Waals surface area contributed by atoms with Gasteiger partial charge in [-0.25, -0.2) is 23.5 Å². The maximum absolute atomic E-state index is 11.9. The van der Waals surface area contributed by atoms with Gasteiger partial charge < -0.3 is 10.7 Å². The molecule has 0 aliphatic carbocycles. The predicted octanol–water partition coefficient (Wildman–Crippen LogP) is 2.01. The van der Waals surface area contributed by atoms with Crippen molar-refractivity contribution in [3.05, 3.63) is 48.8 Å². The highest BCUT2D eigenvalue weighted by atomic mass is 32.2. The summed E-state index contributed by atoms with van der Waals surface area (Å²) in [5.74, 6) is 0.221. The van der Waals surface area contributed by atoms with Crippen molar-refractivity contribution in [1.82, 2.24) is 15.0 Å². The molecule has 0 radical (unpaired) electrons. The predicted molar refractivity (Wildman–Crippen MR) is 92.6 cm³/mol. The van der Waals surface area contributed by atoms with Crippen LogP contribution in [0.15, 0.2) is 53.7 Å². The van der Waals surface area contributed by atoms with Gasteiger partial charge in [0.25, 0.3) is 0 Å². The number of hydrogen-bond donors (Lipinski definition) is 3. The summed E-state index contributed by atoms with van der Waals surface area (Å²) in [6.45, 7) is 0. The molecule has 0 spiro atoms. The Morgan fingerprint density at radius 3 is 2.71 bits per heavy atom. The van der Waals surface area contributed by atoms with Crippen LogP contribution in [0, 0.1) is 0 Å². The van der Waals surface area contributed by atoms with Crippen LogP contribution in [0.1, 0.15) is 0 Å². The van der Waals surface area contributed by atoms with E-state index in [0.29, 0.717) is 5.52 Å². The topological polar surface area (TPSA) is 128 Å². The van der Waals surface area contributed by atoms with Crippen LogP contribution in [-0.4, -0.2) is 23.4 Å². The van der Waals surface area contributed by atoms with E-state index in [1.54, 1.807) is 12.3 Å². The molecule has 2 heterocycles. The highest BCUT2D eigenvalue weighted by Crippen LogP contribution is 2.31. The third kappa shape index (κ3) is 2.20. The number of nitrogens with two attached hydrogens (primary N) is 2. The number of primary sulfonamides is 1. The third-order valence-corrected chi connectivity index (χ3v) is 4.82. The molecule has 4 rings (SSSR count). The van der Waals surface area contributed by atoms with Gasteiger partial charge in [0.15, 0.2) is 5.82 Å². The van der Waals surface area contributed by atoms with Gasteiger partial charge in [-0.2, -0.15) is 0 Å². The van der Waals surface area contributed by atoms with Gasteiger partial charge >= 0.3 is 0 Å². The van der Waals surface area contributed by atoms with Crippen molar-refractivity contribution in [2.45, 2.75) is 4.90 Å². The van der Waals surface area contributed by atoms with E-state index in [1.807, 2.05) is 24.4 Å². The number of H-pyrrole nitrogens is 1. The fourth-order valence-electron chi connectivity index (χ4n) is 2.77. The van der Waals surface area contributed by atoms with Gasteiger partial charge in [-0.05, 0) is 30.3 Å². The lowest BCUT2D eigenvalue weighted by molar-refractivity contribution is 0.598. The van der Waals surface area contributed by atoms with Crippen molar-refractivity contribution >= 4 is 37.5 Å². The molecule has 2 aromatic carbocycles. The zero-order valence-corrected chi connectivity index (χ0v) is 13.2. The molecule has 0 atom stereocenters. The number of nitrogens with one attached hydrogen (secondary N) is 1.